The Labute approximate surface area is 79.5 Å². The molecule has 0 bridgehead atoms. The fourth-order valence-electron chi connectivity index (χ4n) is 0.918. The van der Waals surface area contributed by atoms with E-state index in [4.69, 9.17) is 9.47 Å². The monoisotopic (exact) mass is 180 g/mol. The van der Waals surface area contributed by atoms with Crippen LogP contribution in [0.3, 0.4) is 0 Å². The highest BCUT2D eigenvalue weighted by molar-refractivity contribution is 5.13. The molecule has 0 aliphatic rings. The Kier molecular flexibility index (Phi) is 4.50. The highest BCUT2D eigenvalue weighted by Crippen LogP contribution is 2.00. The minimum absolute atomic E-state index is 0.232. The van der Waals surface area contributed by atoms with Crippen LogP contribution in [0.5, 0.6) is 0 Å². The second kappa shape index (κ2) is 5.73. The number of hydrogen-bond donors (Lipinski definition) is 0. The molecule has 72 valence electrons. The van der Waals surface area contributed by atoms with Crippen LogP contribution in [0.25, 0.3) is 0 Å². The smallest absolute Gasteiger partial charge is 0.147 e. The Balaban J connectivity index is 2.13. The third kappa shape index (κ3) is 4.65. The lowest BCUT2D eigenvalue weighted by molar-refractivity contribution is -0.0851. The fourth-order valence-corrected chi connectivity index (χ4v) is 0.918. The second-order valence-corrected chi connectivity index (χ2v) is 3.17. The predicted octanol–water partition coefficient (Wildman–Crippen LogP) is 2.59. The van der Waals surface area contributed by atoms with E-state index in [1.807, 2.05) is 44.2 Å². The third-order valence-corrected chi connectivity index (χ3v) is 1.60. The van der Waals surface area contributed by atoms with E-state index in [9.17, 15) is 0 Å². The molecule has 1 aromatic carbocycles. The molecule has 0 aliphatic heterocycles. The Morgan fingerprint density at radius 3 is 2.46 bits per heavy atom. The molecule has 0 unspecified atom stereocenters. The highest BCUT2D eigenvalue weighted by Gasteiger charge is 1.93. The molecule has 0 aromatic heterocycles. The molecule has 0 heterocycles. The molecule has 0 spiro atoms. The van der Waals surface area contributed by atoms with Crippen molar-refractivity contribution in [3.05, 3.63) is 35.9 Å². The molecule has 0 radical (unpaired) electrons. The molecule has 1 aromatic rings. The first kappa shape index (κ1) is 10.2. The van der Waals surface area contributed by atoms with E-state index < -0.39 is 0 Å². The second-order valence-electron chi connectivity index (χ2n) is 3.17. The van der Waals surface area contributed by atoms with Gasteiger partial charge in [0.05, 0.1) is 12.7 Å². The van der Waals surface area contributed by atoms with E-state index in [0.717, 1.165) is 0 Å². The predicted molar refractivity (Wildman–Crippen MR) is 52.3 cm³/mol. The average Bonchev–Trinajstić information content (AvgIpc) is 2.14. The zero-order valence-corrected chi connectivity index (χ0v) is 8.19. The van der Waals surface area contributed by atoms with Crippen LogP contribution in [0.1, 0.15) is 19.4 Å². The summed E-state index contributed by atoms with van der Waals surface area (Å²) in [6.45, 7) is 4.97. The minimum Gasteiger partial charge on any atom is -0.353 e. The lowest BCUT2D eigenvalue weighted by Crippen LogP contribution is -2.06. The molecule has 0 atom stereocenters. The van der Waals surface area contributed by atoms with Gasteiger partial charge in [-0.15, -0.1) is 0 Å². The average molecular weight is 180 g/mol. The molecule has 0 N–H and O–H groups in total. The highest BCUT2D eigenvalue weighted by atomic mass is 16.7. The number of benzene rings is 1. The lowest BCUT2D eigenvalue weighted by Gasteiger charge is -2.07. The van der Waals surface area contributed by atoms with Gasteiger partial charge in [-0.05, 0) is 19.4 Å². The van der Waals surface area contributed by atoms with Gasteiger partial charge in [0.1, 0.15) is 6.79 Å². The number of ether oxygens (including phenoxy) is 2. The van der Waals surface area contributed by atoms with E-state index in [-0.39, 0.29) is 6.10 Å². The van der Waals surface area contributed by atoms with Crippen LogP contribution in [-0.2, 0) is 16.1 Å². The summed E-state index contributed by atoms with van der Waals surface area (Å²) in [4.78, 5) is 0. The van der Waals surface area contributed by atoms with Gasteiger partial charge in [0.15, 0.2) is 0 Å². The molecule has 13 heavy (non-hydrogen) atoms. The van der Waals surface area contributed by atoms with Crippen LogP contribution in [0, 0.1) is 0 Å². The summed E-state index contributed by atoms with van der Waals surface area (Å²) in [5.41, 5.74) is 1.18. The van der Waals surface area contributed by atoms with E-state index in [2.05, 4.69) is 0 Å². The van der Waals surface area contributed by atoms with Crippen molar-refractivity contribution in [3.8, 4) is 0 Å². The molecule has 0 fully saturated rings. The number of hydrogen-bond acceptors (Lipinski definition) is 2. The van der Waals surface area contributed by atoms with Crippen LogP contribution >= 0.6 is 0 Å². The van der Waals surface area contributed by atoms with Crippen molar-refractivity contribution < 1.29 is 9.47 Å². The largest absolute Gasteiger partial charge is 0.353 e. The first-order chi connectivity index (χ1) is 6.29. The van der Waals surface area contributed by atoms with Gasteiger partial charge in [0.2, 0.25) is 0 Å². The normalized spacial score (nSPS) is 10.7. The maximum absolute atomic E-state index is 5.31. The molecule has 0 amide bonds. The lowest BCUT2D eigenvalue weighted by atomic mass is 10.2. The minimum atomic E-state index is 0.232. The topological polar surface area (TPSA) is 18.5 Å². The molecule has 2 heteroatoms. The van der Waals surface area contributed by atoms with E-state index >= 15 is 0 Å². The van der Waals surface area contributed by atoms with Crippen LogP contribution in [0.2, 0.25) is 0 Å². The molecule has 0 aliphatic carbocycles. The van der Waals surface area contributed by atoms with E-state index in [1.165, 1.54) is 5.56 Å². The van der Waals surface area contributed by atoms with E-state index in [1.54, 1.807) is 0 Å². The van der Waals surface area contributed by atoms with Gasteiger partial charge >= 0.3 is 0 Å². The molecular formula is C11H16O2. The maximum atomic E-state index is 5.31. The molecule has 0 saturated carbocycles. The van der Waals surface area contributed by atoms with Crippen molar-refractivity contribution in [2.45, 2.75) is 26.6 Å². The first-order valence-electron chi connectivity index (χ1n) is 4.52. The SMILES string of the molecule is CC(C)OCOCc1ccccc1. The fraction of sp³-hybridized carbons (Fsp3) is 0.455. The third-order valence-electron chi connectivity index (χ3n) is 1.60. The van der Waals surface area contributed by atoms with Gasteiger partial charge in [-0.2, -0.15) is 0 Å². The summed E-state index contributed by atoms with van der Waals surface area (Å²) in [6.07, 6.45) is 0.232. The van der Waals surface area contributed by atoms with E-state index in [0.29, 0.717) is 13.4 Å². The Bertz CT molecular complexity index is 219. The van der Waals surface area contributed by atoms with Gasteiger partial charge in [-0.25, -0.2) is 0 Å². The van der Waals surface area contributed by atoms with Crippen LogP contribution in [0.4, 0.5) is 0 Å². The molecule has 1 rings (SSSR count). The van der Waals surface area contributed by atoms with Crippen molar-refractivity contribution in [2.75, 3.05) is 6.79 Å². The Hall–Kier alpha value is -0.860. The van der Waals surface area contributed by atoms with Crippen LogP contribution < -0.4 is 0 Å². The van der Waals surface area contributed by atoms with Crippen molar-refractivity contribution in [1.82, 2.24) is 0 Å². The van der Waals surface area contributed by atoms with Crippen LogP contribution in [0.15, 0.2) is 30.3 Å². The van der Waals surface area contributed by atoms with Gasteiger partial charge in [-0.1, -0.05) is 30.3 Å². The first-order valence-corrected chi connectivity index (χ1v) is 4.52. The van der Waals surface area contributed by atoms with Gasteiger partial charge in [0.25, 0.3) is 0 Å². The molecular weight excluding hydrogens is 164 g/mol. The van der Waals surface area contributed by atoms with Crippen molar-refractivity contribution in [3.63, 3.8) is 0 Å². The maximum Gasteiger partial charge on any atom is 0.147 e. The molecule has 0 saturated heterocycles. The summed E-state index contributed by atoms with van der Waals surface area (Å²) >= 11 is 0. The van der Waals surface area contributed by atoms with Gasteiger partial charge in [-0.3, -0.25) is 0 Å². The summed E-state index contributed by atoms with van der Waals surface area (Å²) < 4.78 is 10.5. The summed E-state index contributed by atoms with van der Waals surface area (Å²) in [5.74, 6) is 0. The standard InChI is InChI=1S/C11H16O2/c1-10(2)13-9-12-8-11-6-4-3-5-7-11/h3-7,10H,8-9H2,1-2H3. The van der Waals surface area contributed by atoms with Crippen molar-refractivity contribution in [1.29, 1.82) is 0 Å². The summed E-state index contributed by atoms with van der Waals surface area (Å²) in [7, 11) is 0. The van der Waals surface area contributed by atoms with Gasteiger partial charge < -0.3 is 9.47 Å². The Morgan fingerprint density at radius 1 is 1.15 bits per heavy atom. The zero-order chi connectivity index (χ0) is 9.52. The zero-order valence-electron chi connectivity index (χ0n) is 8.19. The number of rotatable bonds is 5. The van der Waals surface area contributed by atoms with Gasteiger partial charge in [0, 0.05) is 0 Å². The summed E-state index contributed by atoms with van der Waals surface area (Å²) in [5, 5.41) is 0. The summed E-state index contributed by atoms with van der Waals surface area (Å²) in [6, 6.07) is 10.1. The quantitative estimate of drug-likeness (QED) is 0.512. The van der Waals surface area contributed by atoms with Crippen molar-refractivity contribution >= 4 is 0 Å². The van der Waals surface area contributed by atoms with Crippen molar-refractivity contribution in [2.24, 2.45) is 0 Å². The molecule has 2 nitrogen and oxygen atoms in total. The van der Waals surface area contributed by atoms with Crippen LogP contribution in [-0.4, -0.2) is 12.9 Å². The Morgan fingerprint density at radius 2 is 1.85 bits per heavy atom.